The third kappa shape index (κ3) is 5.83. The van der Waals surface area contributed by atoms with Crippen LogP contribution in [0.25, 0.3) is 0 Å². The molecule has 0 aliphatic carbocycles. The second-order valence-electron chi connectivity index (χ2n) is 4.97. The zero-order valence-corrected chi connectivity index (χ0v) is 12.1. The maximum atomic E-state index is 11.7. The molecular formula is C14H29N3O. The van der Waals surface area contributed by atoms with Crippen LogP contribution in [0.15, 0.2) is 0 Å². The first-order chi connectivity index (χ1) is 8.77. The van der Waals surface area contributed by atoms with E-state index in [1.54, 1.807) is 0 Å². The molecule has 0 aromatic heterocycles. The van der Waals surface area contributed by atoms with Crippen molar-refractivity contribution in [1.29, 1.82) is 0 Å². The van der Waals surface area contributed by atoms with Gasteiger partial charge in [-0.05, 0) is 59.3 Å². The first kappa shape index (κ1) is 15.4. The van der Waals surface area contributed by atoms with Crippen LogP contribution < -0.4 is 5.32 Å². The van der Waals surface area contributed by atoms with Crippen LogP contribution >= 0.6 is 0 Å². The maximum absolute atomic E-state index is 11.7. The van der Waals surface area contributed by atoms with Gasteiger partial charge >= 0.3 is 0 Å². The first-order valence-electron chi connectivity index (χ1n) is 7.48. The minimum atomic E-state index is 0.270. The molecular weight excluding hydrogens is 226 g/mol. The SMILES string of the molecule is CCN(CC)C(=O)CCNCCCN1CCCC1. The summed E-state index contributed by atoms with van der Waals surface area (Å²) in [6.07, 6.45) is 4.56. The summed E-state index contributed by atoms with van der Waals surface area (Å²) in [7, 11) is 0. The molecule has 4 heteroatoms. The minimum Gasteiger partial charge on any atom is -0.343 e. The lowest BCUT2D eigenvalue weighted by atomic mass is 10.3. The first-order valence-corrected chi connectivity index (χ1v) is 7.48. The molecule has 18 heavy (non-hydrogen) atoms. The van der Waals surface area contributed by atoms with Gasteiger partial charge in [-0.3, -0.25) is 4.79 Å². The van der Waals surface area contributed by atoms with E-state index in [-0.39, 0.29) is 5.91 Å². The smallest absolute Gasteiger partial charge is 0.223 e. The van der Waals surface area contributed by atoms with Gasteiger partial charge in [0, 0.05) is 26.1 Å². The Hall–Kier alpha value is -0.610. The van der Waals surface area contributed by atoms with Crippen LogP contribution in [0.1, 0.15) is 39.5 Å². The fourth-order valence-corrected chi connectivity index (χ4v) is 2.49. The Balaban J connectivity index is 1.92. The highest BCUT2D eigenvalue weighted by Gasteiger charge is 2.10. The largest absolute Gasteiger partial charge is 0.343 e. The van der Waals surface area contributed by atoms with Crippen LogP contribution in [0, 0.1) is 0 Å². The fourth-order valence-electron chi connectivity index (χ4n) is 2.49. The molecule has 0 aromatic carbocycles. The molecule has 0 radical (unpaired) electrons. The van der Waals surface area contributed by atoms with Gasteiger partial charge in [-0.2, -0.15) is 0 Å². The Bertz CT molecular complexity index is 223. The summed E-state index contributed by atoms with van der Waals surface area (Å²) >= 11 is 0. The molecule has 0 bridgehead atoms. The minimum absolute atomic E-state index is 0.270. The Kier molecular flexibility index (Phi) is 8.01. The van der Waals surface area contributed by atoms with Gasteiger partial charge in [0.2, 0.25) is 5.91 Å². The quantitative estimate of drug-likeness (QED) is 0.631. The molecule has 4 nitrogen and oxygen atoms in total. The van der Waals surface area contributed by atoms with Crippen molar-refractivity contribution in [3.63, 3.8) is 0 Å². The van der Waals surface area contributed by atoms with E-state index in [1.165, 1.54) is 38.9 Å². The molecule has 0 spiro atoms. The lowest BCUT2D eigenvalue weighted by Crippen LogP contribution is -2.33. The van der Waals surface area contributed by atoms with Crippen LogP contribution in [-0.4, -0.2) is 61.5 Å². The van der Waals surface area contributed by atoms with E-state index in [9.17, 15) is 4.79 Å². The summed E-state index contributed by atoms with van der Waals surface area (Å²) in [6, 6.07) is 0. The molecule has 0 saturated carbocycles. The van der Waals surface area contributed by atoms with Gasteiger partial charge in [-0.15, -0.1) is 0 Å². The van der Waals surface area contributed by atoms with Crippen molar-refractivity contribution in [3.05, 3.63) is 0 Å². The monoisotopic (exact) mass is 255 g/mol. The van der Waals surface area contributed by atoms with Crippen molar-refractivity contribution in [3.8, 4) is 0 Å². The number of nitrogens with one attached hydrogen (secondary N) is 1. The Morgan fingerprint density at radius 1 is 1.17 bits per heavy atom. The third-order valence-corrected chi connectivity index (χ3v) is 3.66. The van der Waals surface area contributed by atoms with Crippen molar-refractivity contribution in [2.45, 2.75) is 39.5 Å². The maximum Gasteiger partial charge on any atom is 0.223 e. The highest BCUT2D eigenvalue weighted by atomic mass is 16.2. The average molecular weight is 255 g/mol. The Morgan fingerprint density at radius 2 is 1.83 bits per heavy atom. The molecule has 1 fully saturated rings. The molecule has 0 atom stereocenters. The normalized spacial score (nSPS) is 16.1. The van der Waals surface area contributed by atoms with E-state index >= 15 is 0 Å². The number of hydrogen-bond donors (Lipinski definition) is 1. The van der Waals surface area contributed by atoms with E-state index in [0.29, 0.717) is 6.42 Å². The Morgan fingerprint density at radius 3 is 2.44 bits per heavy atom. The zero-order chi connectivity index (χ0) is 13.2. The lowest BCUT2D eigenvalue weighted by Gasteiger charge is -2.18. The average Bonchev–Trinajstić information content (AvgIpc) is 2.88. The molecule has 1 aliphatic rings. The summed E-state index contributed by atoms with van der Waals surface area (Å²) in [5, 5.41) is 3.37. The highest BCUT2D eigenvalue weighted by Crippen LogP contribution is 2.06. The van der Waals surface area contributed by atoms with Gasteiger partial charge in [-0.25, -0.2) is 0 Å². The molecule has 1 N–H and O–H groups in total. The number of rotatable bonds is 9. The molecule has 1 saturated heterocycles. The number of nitrogens with zero attached hydrogens (tertiary/aromatic N) is 2. The molecule has 1 rings (SSSR count). The Labute approximate surface area is 112 Å². The second-order valence-corrected chi connectivity index (χ2v) is 4.97. The van der Waals surface area contributed by atoms with Crippen LogP contribution in [0.4, 0.5) is 0 Å². The summed E-state index contributed by atoms with van der Waals surface area (Å²) in [4.78, 5) is 16.2. The highest BCUT2D eigenvalue weighted by molar-refractivity contribution is 5.76. The van der Waals surface area contributed by atoms with Crippen molar-refractivity contribution < 1.29 is 4.79 Å². The van der Waals surface area contributed by atoms with E-state index in [1.807, 2.05) is 18.7 Å². The molecule has 1 heterocycles. The molecule has 1 aliphatic heterocycles. The number of carbonyl (C=O) groups is 1. The van der Waals surface area contributed by atoms with Gasteiger partial charge in [0.15, 0.2) is 0 Å². The van der Waals surface area contributed by atoms with Crippen LogP contribution in [0.5, 0.6) is 0 Å². The van der Waals surface area contributed by atoms with Crippen molar-refractivity contribution in [1.82, 2.24) is 15.1 Å². The fraction of sp³-hybridized carbons (Fsp3) is 0.929. The van der Waals surface area contributed by atoms with Gasteiger partial charge in [-0.1, -0.05) is 0 Å². The second kappa shape index (κ2) is 9.34. The molecule has 0 unspecified atom stereocenters. The zero-order valence-electron chi connectivity index (χ0n) is 12.1. The van der Waals surface area contributed by atoms with E-state index in [0.717, 1.165) is 26.2 Å². The topological polar surface area (TPSA) is 35.6 Å². The summed E-state index contributed by atoms with van der Waals surface area (Å²) in [6.45, 7) is 11.3. The standard InChI is InChI=1S/C14H29N3O/c1-3-17(4-2)14(18)8-10-15-9-7-13-16-11-5-6-12-16/h15H,3-13H2,1-2H3. The number of carbonyl (C=O) groups excluding carboxylic acids is 1. The van der Waals surface area contributed by atoms with Gasteiger partial charge in [0.1, 0.15) is 0 Å². The predicted octanol–water partition coefficient (Wildman–Crippen LogP) is 1.32. The van der Waals surface area contributed by atoms with Gasteiger partial charge in [0.25, 0.3) is 0 Å². The third-order valence-electron chi connectivity index (χ3n) is 3.66. The van der Waals surface area contributed by atoms with Gasteiger partial charge < -0.3 is 15.1 Å². The van der Waals surface area contributed by atoms with Crippen molar-refractivity contribution >= 4 is 5.91 Å². The van der Waals surface area contributed by atoms with E-state index in [4.69, 9.17) is 0 Å². The van der Waals surface area contributed by atoms with E-state index < -0.39 is 0 Å². The lowest BCUT2D eigenvalue weighted by molar-refractivity contribution is -0.130. The summed E-state index contributed by atoms with van der Waals surface area (Å²) in [5.41, 5.74) is 0. The molecule has 106 valence electrons. The van der Waals surface area contributed by atoms with E-state index in [2.05, 4.69) is 10.2 Å². The van der Waals surface area contributed by atoms with Crippen molar-refractivity contribution in [2.75, 3.05) is 45.8 Å². The molecule has 0 aromatic rings. The van der Waals surface area contributed by atoms with Crippen molar-refractivity contribution in [2.24, 2.45) is 0 Å². The number of hydrogen-bond acceptors (Lipinski definition) is 3. The summed E-state index contributed by atoms with van der Waals surface area (Å²) in [5.74, 6) is 0.270. The summed E-state index contributed by atoms with van der Waals surface area (Å²) < 4.78 is 0. The van der Waals surface area contributed by atoms with Crippen LogP contribution in [0.2, 0.25) is 0 Å². The van der Waals surface area contributed by atoms with Crippen LogP contribution in [0.3, 0.4) is 0 Å². The predicted molar refractivity (Wildman–Crippen MR) is 75.7 cm³/mol. The number of likely N-dealkylation sites (tertiary alicyclic amines) is 1. The van der Waals surface area contributed by atoms with Gasteiger partial charge in [0.05, 0.1) is 0 Å². The number of amides is 1. The van der Waals surface area contributed by atoms with Crippen LogP contribution in [-0.2, 0) is 4.79 Å². The molecule has 1 amide bonds.